The summed E-state index contributed by atoms with van der Waals surface area (Å²) in [7, 11) is 0.0817. The van der Waals surface area contributed by atoms with Crippen molar-refractivity contribution in [3.05, 3.63) is 59.6 Å². The van der Waals surface area contributed by atoms with Gasteiger partial charge in [0.2, 0.25) is 0 Å². The Morgan fingerprint density at radius 3 is 2.36 bits per heavy atom. The zero-order valence-electron chi connectivity index (χ0n) is 15.6. The van der Waals surface area contributed by atoms with Crippen LogP contribution in [0.5, 0.6) is 11.5 Å². The molecule has 0 aliphatic rings. The third-order valence-corrected chi connectivity index (χ3v) is 6.00. The van der Waals surface area contributed by atoms with E-state index in [1.807, 2.05) is 0 Å². The summed E-state index contributed by atoms with van der Waals surface area (Å²) in [6.07, 6.45) is 1.44. The van der Waals surface area contributed by atoms with Crippen LogP contribution in [-0.2, 0) is 14.8 Å². The second-order valence-corrected chi connectivity index (χ2v) is 7.77. The zero-order valence-corrected chi connectivity index (χ0v) is 17.2. The summed E-state index contributed by atoms with van der Waals surface area (Å²) in [6, 6.07) is 8.56. The Morgan fingerprint density at radius 1 is 1.11 bits per heavy atom. The summed E-state index contributed by atoms with van der Waals surface area (Å²) >= 11 is 6.04. The van der Waals surface area contributed by atoms with Gasteiger partial charge in [-0.1, -0.05) is 17.7 Å². The number of methoxy groups -OCH3 is 3. The number of anilines is 1. The van der Waals surface area contributed by atoms with Crippen LogP contribution in [0, 0.1) is 0 Å². The van der Waals surface area contributed by atoms with Gasteiger partial charge in [0.25, 0.3) is 10.0 Å². The van der Waals surface area contributed by atoms with Gasteiger partial charge in [0.1, 0.15) is 0 Å². The van der Waals surface area contributed by atoms with Crippen molar-refractivity contribution in [2.75, 3.05) is 32.2 Å². The number of hydrogen-bond acceptors (Lipinski definition) is 6. The van der Waals surface area contributed by atoms with Gasteiger partial charge in [0.05, 0.1) is 49.0 Å². The van der Waals surface area contributed by atoms with Crippen molar-refractivity contribution in [1.82, 2.24) is 0 Å². The predicted molar refractivity (Wildman–Crippen MR) is 107 cm³/mol. The maximum atomic E-state index is 13.3. The standard InChI is InChI=1S/C19H20ClNO6S/c1-5-10-21(13-6-8-16(20)15(11-13)19(22)27-4)28(23,24)14-7-9-17(25-2)18(12-14)26-3/h5-9,11-12H,1,10H2,2-4H3. The molecule has 0 unspecified atom stereocenters. The van der Waals surface area contributed by atoms with E-state index in [9.17, 15) is 13.2 Å². The molecule has 0 bridgehead atoms. The fraction of sp³-hybridized carbons (Fsp3) is 0.211. The number of hydrogen-bond donors (Lipinski definition) is 0. The zero-order chi connectivity index (χ0) is 20.9. The molecule has 0 saturated heterocycles. The minimum absolute atomic E-state index is 0.0124. The first-order chi connectivity index (χ1) is 13.3. The molecule has 0 saturated carbocycles. The molecule has 2 rings (SSSR count). The van der Waals surface area contributed by atoms with Gasteiger partial charge < -0.3 is 14.2 Å². The van der Waals surface area contributed by atoms with Gasteiger partial charge in [-0.15, -0.1) is 6.58 Å². The van der Waals surface area contributed by atoms with Gasteiger partial charge in [-0.05, 0) is 30.3 Å². The molecule has 0 spiro atoms. The molecule has 0 aliphatic carbocycles. The summed E-state index contributed by atoms with van der Waals surface area (Å²) in [5.74, 6) is -0.00130. The molecule has 2 aromatic carbocycles. The van der Waals surface area contributed by atoms with Crippen molar-refractivity contribution in [1.29, 1.82) is 0 Å². The molecule has 28 heavy (non-hydrogen) atoms. The van der Waals surface area contributed by atoms with Crippen LogP contribution in [0.1, 0.15) is 10.4 Å². The number of sulfonamides is 1. The number of benzene rings is 2. The van der Waals surface area contributed by atoms with Crippen LogP contribution in [0.2, 0.25) is 5.02 Å². The number of ether oxygens (including phenoxy) is 3. The molecule has 150 valence electrons. The lowest BCUT2D eigenvalue weighted by atomic mass is 10.2. The van der Waals surface area contributed by atoms with Gasteiger partial charge in [-0.3, -0.25) is 4.31 Å². The van der Waals surface area contributed by atoms with Crippen LogP contribution < -0.4 is 13.8 Å². The number of carbonyl (C=O) groups is 1. The van der Waals surface area contributed by atoms with Crippen molar-refractivity contribution in [2.24, 2.45) is 0 Å². The Balaban J connectivity index is 2.60. The van der Waals surface area contributed by atoms with Crippen LogP contribution >= 0.6 is 11.6 Å². The van der Waals surface area contributed by atoms with E-state index in [2.05, 4.69) is 6.58 Å². The highest BCUT2D eigenvalue weighted by Gasteiger charge is 2.26. The smallest absolute Gasteiger partial charge is 0.339 e. The number of nitrogens with zero attached hydrogens (tertiary/aromatic N) is 1. The van der Waals surface area contributed by atoms with Crippen LogP contribution in [0.25, 0.3) is 0 Å². The molecular formula is C19H20ClNO6S. The molecule has 0 aromatic heterocycles. The second kappa shape index (κ2) is 8.99. The van der Waals surface area contributed by atoms with Gasteiger partial charge in [-0.25, -0.2) is 13.2 Å². The Bertz CT molecular complexity index is 990. The largest absolute Gasteiger partial charge is 0.493 e. The van der Waals surface area contributed by atoms with Gasteiger partial charge in [-0.2, -0.15) is 0 Å². The maximum absolute atomic E-state index is 13.3. The molecule has 0 amide bonds. The van der Waals surface area contributed by atoms with Crippen molar-refractivity contribution in [3.63, 3.8) is 0 Å². The highest BCUT2D eigenvalue weighted by atomic mass is 35.5. The van der Waals surface area contributed by atoms with Crippen LogP contribution in [-0.4, -0.2) is 42.3 Å². The lowest BCUT2D eigenvalue weighted by Crippen LogP contribution is -2.31. The SMILES string of the molecule is C=CCN(c1ccc(Cl)c(C(=O)OC)c1)S(=O)(=O)c1ccc(OC)c(OC)c1. The summed E-state index contributed by atoms with van der Waals surface area (Å²) < 4.78 is 42.7. The molecule has 9 heteroatoms. The summed E-state index contributed by atoms with van der Waals surface area (Å²) in [6.45, 7) is 3.59. The van der Waals surface area contributed by atoms with Crippen LogP contribution in [0.15, 0.2) is 53.9 Å². The number of rotatable bonds is 8. The number of carbonyl (C=O) groups excluding carboxylic acids is 1. The number of halogens is 1. The van der Waals surface area contributed by atoms with E-state index >= 15 is 0 Å². The first-order valence-electron chi connectivity index (χ1n) is 8.03. The Kier molecular flexibility index (Phi) is 6.93. The molecule has 0 heterocycles. The fourth-order valence-electron chi connectivity index (χ4n) is 2.50. The summed E-state index contributed by atoms with van der Waals surface area (Å²) in [5.41, 5.74) is 0.290. The Hall–Kier alpha value is -2.71. The minimum atomic E-state index is -4.00. The van der Waals surface area contributed by atoms with E-state index in [0.717, 1.165) is 4.31 Å². The first kappa shape index (κ1) is 21.6. The van der Waals surface area contributed by atoms with Crippen molar-refractivity contribution < 1.29 is 27.4 Å². The average molecular weight is 426 g/mol. The highest BCUT2D eigenvalue weighted by Crippen LogP contribution is 2.33. The Labute approximate surface area is 169 Å². The van der Waals surface area contributed by atoms with Crippen molar-refractivity contribution in [3.8, 4) is 11.5 Å². The molecule has 0 fully saturated rings. The summed E-state index contributed by atoms with van der Waals surface area (Å²) in [4.78, 5) is 11.9. The lowest BCUT2D eigenvalue weighted by molar-refractivity contribution is 0.0601. The van der Waals surface area contributed by atoms with E-state index in [1.165, 1.54) is 63.8 Å². The molecule has 0 N–H and O–H groups in total. The van der Waals surface area contributed by atoms with Gasteiger partial charge >= 0.3 is 5.97 Å². The maximum Gasteiger partial charge on any atom is 0.339 e. The molecule has 2 aromatic rings. The third-order valence-electron chi connectivity index (χ3n) is 3.88. The van der Waals surface area contributed by atoms with E-state index < -0.39 is 16.0 Å². The predicted octanol–water partition coefficient (Wildman–Crippen LogP) is 3.53. The third kappa shape index (κ3) is 4.23. The second-order valence-electron chi connectivity index (χ2n) is 5.50. The molecule has 0 aliphatic heterocycles. The Morgan fingerprint density at radius 2 is 1.79 bits per heavy atom. The van der Waals surface area contributed by atoms with Gasteiger partial charge in [0, 0.05) is 6.07 Å². The topological polar surface area (TPSA) is 82.1 Å². The average Bonchev–Trinajstić information content (AvgIpc) is 2.71. The molecule has 0 atom stereocenters. The molecule has 0 radical (unpaired) electrons. The normalized spacial score (nSPS) is 10.9. The highest BCUT2D eigenvalue weighted by molar-refractivity contribution is 7.92. The van der Waals surface area contributed by atoms with E-state index in [1.54, 1.807) is 0 Å². The minimum Gasteiger partial charge on any atom is -0.493 e. The van der Waals surface area contributed by atoms with Gasteiger partial charge in [0.15, 0.2) is 11.5 Å². The van der Waals surface area contributed by atoms with Crippen LogP contribution in [0.4, 0.5) is 5.69 Å². The van der Waals surface area contributed by atoms with E-state index in [-0.39, 0.29) is 33.5 Å². The van der Waals surface area contributed by atoms with Crippen molar-refractivity contribution >= 4 is 33.3 Å². The first-order valence-corrected chi connectivity index (χ1v) is 9.85. The summed E-state index contributed by atoms with van der Waals surface area (Å²) in [5, 5.41) is 0.151. The van der Waals surface area contributed by atoms with E-state index in [0.29, 0.717) is 5.75 Å². The molecule has 7 nitrogen and oxygen atoms in total. The molecular weight excluding hydrogens is 406 g/mol. The lowest BCUT2D eigenvalue weighted by Gasteiger charge is -2.24. The van der Waals surface area contributed by atoms with Crippen LogP contribution in [0.3, 0.4) is 0 Å². The number of esters is 1. The monoisotopic (exact) mass is 425 g/mol. The van der Waals surface area contributed by atoms with E-state index in [4.69, 9.17) is 25.8 Å². The van der Waals surface area contributed by atoms with Crippen molar-refractivity contribution in [2.45, 2.75) is 4.90 Å². The quantitative estimate of drug-likeness (QED) is 0.475. The fourth-order valence-corrected chi connectivity index (χ4v) is 4.14.